The zero-order valence-electron chi connectivity index (χ0n) is 24.6. The molecule has 2 unspecified atom stereocenters. The molecule has 0 saturated carbocycles. The van der Waals surface area contributed by atoms with Gasteiger partial charge in [0.05, 0.1) is 0 Å². The van der Waals surface area contributed by atoms with Gasteiger partial charge in [-0.25, -0.2) is 4.99 Å². The van der Waals surface area contributed by atoms with Gasteiger partial charge in [-0.05, 0) is 56.8 Å². The molecule has 2 atom stereocenters. The Bertz CT molecular complexity index is 2280. The summed E-state index contributed by atoms with van der Waals surface area (Å²) in [7, 11) is 0. The second kappa shape index (κ2) is 9.62. The van der Waals surface area contributed by atoms with Crippen molar-refractivity contribution in [2.75, 3.05) is 0 Å². The molecule has 0 fully saturated rings. The predicted octanol–water partition coefficient (Wildman–Crippen LogP) is 9.85. The smallest absolute Gasteiger partial charge is 0.131 e. The number of hydrogen-bond donors (Lipinski definition) is 2. The van der Waals surface area contributed by atoms with E-state index in [1.54, 1.807) is 0 Å². The number of hydrogen-bond acceptors (Lipinski definition) is 4. The van der Waals surface area contributed by atoms with E-state index in [9.17, 15) is 0 Å². The Hall–Kier alpha value is -4.77. The van der Waals surface area contributed by atoms with E-state index in [1.807, 2.05) is 11.3 Å². The first-order valence-corrected chi connectivity index (χ1v) is 16.1. The van der Waals surface area contributed by atoms with Gasteiger partial charge in [0.15, 0.2) is 0 Å². The quantitative estimate of drug-likeness (QED) is 0.217. The Labute approximate surface area is 260 Å². The van der Waals surface area contributed by atoms with Crippen molar-refractivity contribution in [1.29, 1.82) is 0 Å². The van der Waals surface area contributed by atoms with Gasteiger partial charge in [0.1, 0.15) is 18.2 Å². The molecular weight excluding hydrogens is 555 g/mol. The van der Waals surface area contributed by atoms with Crippen LogP contribution in [0.25, 0.3) is 42.1 Å². The van der Waals surface area contributed by atoms with E-state index in [0.717, 1.165) is 17.0 Å². The minimum atomic E-state index is -0.199. The third-order valence-corrected chi connectivity index (χ3v) is 10.7. The molecule has 2 heterocycles. The van der Waals surface area contributed by atoms with Gasteiger partial charge in [-0.2, -0.15) is 0 Å². The molecule has 1 aromatic heterocycles. The SMILES string of the molecule is CC1(C)c2ccccc2-c2c1cc1ccccc1c2C1NC(c2ccc3c(c2)sc2ccccc23)=NC(c2ccccc2)N1. The molecule has 3 nitrogen and oxygen atoms in total. The maximum atomic E-state index is 5.30. The first-order chi connectivity index (χ1) is 21.6. The number of amidine groups is 1. The van der Waals surface area contributed by atoms with E-state index in [4.69, 9.17) is 4.99 Å². The minimum absolute atomic E-state index is 0.0959. The predicted molar refractivity (Wildman–Crippen MR) is 186 cm³/mol. The average molecular weight is 586 g/mol. The van der Waals surface area contributed by atoms with Crippen LogP contribution in [0.15, 0.2) is 132 Å². The molecule has 44 heavy (non-hydrogen) atoms. The Kier molecular flexibility index (Phi) is 5.62. The van der Waals surface area contributed by atoms with Crippen molar-refractivity contribution in [3.8, 4) is 11.1 Å². The molecule has 4 heteroatoms. The molecular formula is C40H31N3S. The lowest BCUT2D eigenvalue weighted by atomic mass is 9.81. The van der Waals surface area contributed by atoms with Gasteiger partial charge in [-0.1, -0.05) is 123 Å². The maximum absolute atomic E-state index is 5.30. The highest BCUT2D eigenvalue weighted by molar-refractivity contribution is 7.25. The van der Waals surface area contributed by atoms with Crippen LogP contribution in [0, 0.1) is 0 Å². The van der Waals surface area contributed by atoms with Gasteiger partial charge < -0.3 is 5.32 Å². The highest BCUT2D eigenvalue weighted by Crippen LogP contribution is 2.53. The van der Waals surface area contributed by atoms with Crippen LogP contribution in [0.1, 0.15) is 54.0 Å². The largest absolute Gasteiger partial charge is 0.350 e. The van der Waals surface area contributed by atoms with Gasteiger partial charge >= 0.3 is 0 Å². The zero-order chi connectivity index (χ0) is 29.4. The molecule has 1 aliphatic carbocycles. The number of thiophene rings is 1. The lowest BCUT2D eigenvalue weighted by Crippen LogP contribution is -2.45. The zero-order valence-corrected chi connectivity index (χ0v) is 25.5. The summed E-state index contributed by atoms with van der Waals surface area (Å²) in [5, 5.41) is 13.0. The van der Waals surface area contributed by atoms with E-state index in [-0.39, 0.29) is 17.7 Å². The Morgan fingerprint density at radius 3 is 2.27 bits per heavy atom. The third kappa shape index (κ3) is 3.81. The van der Waals surface area contributed by atoms with Crippen molar-refractivity contribution in [3.05, 3.63) is 155 Å². The van der Waals surface area contributed by atoms with Gasteiger partial charge in [-0.15, -0.1) is 11.3 Å². The second-order valence-corrected chi connectivity index (χ2v) is 13.5. The van der Waals surface area contributed by atoms with Crippen LogP contribution >= 0.6 is 11.3 Å². The van der Waals surface area contributed by atoms with E-state index in [2.05, 4.69) is 152 Å². The fourth-order valence-electron chi connectivity index (χ4n) is 7.38. The van der Waals surface area contributed by atoms with Crippen LogP contribution in [0.5, 0.6) is 0 Å². The molecule has 0 spiro atoms. The summed E-state index contributed by atoms with van der Waals surface area (Å²) >= 11 is 1.85. The lowest BCUT2D eigenvalue weighted by molar-refractivity contribution is 0.411. The molecule has 0 radical (unpaired) electrons. The molecule has 2 aliphatic rings. The number of benzene rings is 6. The molecule has 7 aromatic rings. The van der Waals surface area contributed by atoms with Crippen molar-refractivity contribution in [2.24, 2.45) is 4.99 Å². The van der Waals surface area contributed by atoms with Gasteiger partial charge in [-0.3, -0.25) is 5.32 Å². The summed E-state index contributed by atoms with van der Waals surface area (Å²) in [5.41, 5.74) is 8.86. The fourth-order valence-corrected chi connectivity index (χ4v) is 8.53. The molecule has 0 bridgehead atoms. The third-order valence-electron chi connectivity index (χ3n) is 9.55. The normalized spacial score (nSPS) is 18.6. The van der Waals surface area contributed by atoms with E-state index in [1.165, 1.54) is 58.8 Å². The molecule has 0 amide bonds. The Morgan fingerprint density at radius 1 is 0.659 bits per heavy atom. The number of fused-ring (bicyclic) bond motifs is 7. The van der Waals surface area contributed by atoms with Crippen molar-refractivity contribution >= 4 is 48.1 Å². The van der Waals surface area contributed by atoms with E-state index in [0.29, 0.717) is 0 Å². The van der Waals surface area contributed by atoms with Crippen molar-refractivity contribution in [1.82, 2.24) is 10.6 Å². The van der Waals surface area contributed by atoms with Gasteiger partial charge in [0.25, 0.3) is 0 Å². The summed E-state index contributed by atoms with van der Waals surface area (Å²) in [6.07, 6.45) is -0.359. The summed E-state index contributed by atoms with van der Waals surface area (Å²) in [4.78, 5) is 5.30. The van der Waals surface area contributed by atoms with Gasteiger partial charge in [0, 0.05) is 36.7 Å². The van der Waals surface area contributed by atoms with E-state index >= 15 is 0 Å². The molecule has 212 valence electrons. The number of nitrogens with zero attached hydrogens (tertiary/aromatic N) is 1. The average Bonchev–Trinajstić information content (AvgIpc) is 3.55. The highest BCUT2D eigenvalue weighted by atomic mass is 32.1. The van der Waals surface area contributed by atoms with Crippen LogP contribution in [-0.4, -0.2) is 5.84 Å². The van der Waals surface area contributed by atoms with Crippen LogP contribution < -0.4 is 10.6 Å². The number of rotatable bonds is 3. The Morgan fingerprint density at radius 2 is 1.39 bits per heavy atom. The molecule has 0 saturated heterocycles. The summed E-state index contributed by atoms with van der Waals surface area (Å²) in [6, 6.07) is 46.2. The van der Waals surface area contributed by atoms with Crippen molar-refractivity contribution in [2.45, 2.75) is 31.6 Å². The molecule has 9 rings (SSSR count). The standard InChI is InChI=1S/C40H31N3S/c1-40(2)31-18-10-8-17-30(31)35-32(40)22-25-14-6-7-15-27(25)36(35)39-42-37(24-12-4-3-5-13-24)41-38(43-39)26-20-21-29-28-16-9-11-19-33(28)44-34(29)23-26/h3-23,37,39,42H,1-2H3,(H,41,43). The number of aliphatic imine (C=N–C) groups is 1. The van der Waals surface area contributed by atoms with Crippen LogP contribution in [0.3, 0.4) is 0 Å². The second-order valence-electron chi connectivity index (χ2n) is 12.4. The molecule has 1 aliphatic heterocycles. The molecule has 6 aromatic carbocycles. The fraction of sp³-hybridized carbons (Fsp3) is 0.125. The monoisotopic (exact) mass is 585 g/mol. The van der Waals surface area contributed by atoms with Crippen LogP contribution in [-0.2, 0) is 5.41 Å². The minimum Gasteiger partial charge on any atom is -0.350 e. The summed E-state index contributed by atoms with van der Waals surface area (Å²) in [5.74, 6) is 0.911. The van der Waals surface area contributed by atoms with Crippen molar-refractivity contribution < 1.29 is 0 Å². The highest BCUT2D eigenvalue weighted by Gasteiger charge is 2.39. The van der Waals surface area contributed by atoms with Crippen LogP contribution in [0.4, 0.5) is 0 Å². The first-order valence-electron chi connectivity index (χ1n) is 15.3. The topological polar surface area (TPSA) is 36.4 Å². The summed E-state index contributed by atoms with van der Waals surface area (Å²) in [6.45, 7) is 4.72. The Balaban J connectivity index is 1.26. The molecule has 2 N–H and O–H groups in total. The number of nitrogens with one attached hydrogen (secondary N) is 2. The van der Waals surface area contributed by atoms with E-state index < -0.39 is 0 Å². The van der Waals surface area contributed by atoms with Gasteiger partial charge in [0.2, 0.25) is 0 Å². The van der Waals surface area contributed by atoms with Crippen LogP contribution in [0.2, 0.25) is 0 Å². The first kappa shape index (κ1) is 25.7. The maximum Gasteiger partial charge on any atom is 0.131 e. The summed E-state index contributed by atoms with van der Waals surface area (Å²) < 4.78 is 2.59. The lowest BCUT2D eigenvalue weighted by Gasteiger charge is -2.34. The van der Waals surface area contributed by atoms with Crippen molar-refractivity contribution in [3.63, 3.8) is 0 Å².